The number of para-hydroxylation sites is 1. The van der Waals surface area contributed by atoms with Crippen LogP contribution >= 0.6 is 11.3 Å². The first-order chi connectivity index (χ1) is 14.9. The molecular weight excluding hydrogens is 423 g/mol. The molecule has 1 aromatic heterocycles. The minimum atomic E-state index is -0.944. The Hall–Kier alpha value is -3.59. The number of nitro benzene ring substituents is 1. The maximum Gasteiger partial charge on any atom is 0.348 e. The maximum absolute atomic E-state index is 14.5. The monoisotopic (exact) mass is 440 g/mol. The van der Waals surface area contributed by atoms with Crippen LogP contribution in [0.2, 0.25) is 0 Å². The summed E-state index contributed by atoms with van der Waals surface area (Å²) in [5, 5.41) is 10.9. The third kappa shape index (κ3) is 3.79. The molecule has 0 atom stereocenters. The van der Waals surface area contributed by atoms with Crippen molar-refractivity contribution in [2.75, 3.05) is 18.1 Å². The first kappa shape index (κ1) is 20.7. The summed E-state index contributed by atoms with van der Waals surface area (Å²) in [7, 11) is 0. The van der Waals surface area contributed by atoms with Crippen molar-refractivity contribution in [2.24, 2.45) is 0 Å². The molecule has 31 heavy (non-hydrogen) atoms. The molecule has 0 radical (unpaired) electrons. The van der Waals surface area contributed by atoms with Gasteiger partial charge in [-0.2, -0.15) is 0 Å². The molecule has 0 saturated carbocycles. The Morgan fingerprint density at radius 1 is 1.23 bits per heavy atom. The highest BCUT2D eigenvalue weighted by Crippen LogP contribution is 2.42. The fourth-order valence-corrected chi connectivity index (χ4v) is 4.68. The summed E-state index contributed by atoms with van der Waals surface area (Å²) in [5.74, 6) is -1.92. The Kier molecular flexibility index (Phi) is 5.51. The number of ether oxygens (including phenoxy) is 1. The molecule has 0 spiro atoms. The summed E-state index contributed by atoms with van der Waals surface area (Å²) >= 11 is 1.30. The molecule has 0 saturated heterocycles. The van der Waals surface area contributed by atoms with Crippen molar-refractivity contribution < 1.29 is 23.6 Å². The average molecular weight is 440 g/mol. The van der Waals surface area contributed by atoms with Gasteiger partial charge in [0.1, 0.15) is 10.7 Å². The van der Waals surface area contributed by atoms with Crippen LogP contribution < -0.4 is 4.90 Å². The van der Waals surface area contributed by atoms with Crippen LogP contribution in [0.3, 0.4) is 0 Å². The molecule has 0 unspecified atom stereocenters. The summed E-state index contributed by atoms with van der Waals surface area (Å²) in [6, 6.07) is 12.0. The van der Waals surface area contributed by atoms with Crippen molar-refractivity contribution in [3.8, 4) is 10.4 Å². The number of carbonyl (C=O) groups excluding carboxylic acids is 2. The van der Waals surface area contributed by atoms with Gasteiger partial charge in [0.15, 0.2) is 0 Å². The van der Waals surface area contributed by atoms with Gasteiger partial charge in [-0.05, 0) is 37.1 Å². The number of hydrogen-bond donors (Lipinski definition) is 0. The zero-order valence-corrected chi connectivity index (χ0v) is 17.3. The predicted molar refractivity (Wildman–Crippen MR) is 114 cm³/mol. The van der Waals surface area contributed by atoms with E-state index < -0.39 is 22.3 Å². The van der Waals surface area contributed by atoms with Gasteiger partial charge < -0.3 is 9.64 Å². The van der Waals surface area contributed by atoms with E-state index in [1.54, 1.807) is 25.1 Å². The molecule has 9 heteroatoms. The van der Waals surface area contributed by atoms with Crippen LogP contribution in [-0.2, 0) is 11.2 Å². The molecule has 1 amide bonds. The lowest BCUT2D eigenvalue weighted by atomic mass is 10.1. The number of carbonyl (C=O) groups is 2. The summed E-state index contributed by atoms with van der Waals surface area (Å²) in [6.07, 6.45) is 0.459. The van der Waals surface area contributed by atoms with Crippen LogP contribution in [0, 0.1) is 15.9 Å². The van der Waals surface area contributed by atoms with Crippen LogP contribution in [0.4, 0.5) is 15.8 Å². The number of rotatable bonds is 4. The van der Waals surface area contributed by atoms with Crippen LogP contribution in [0.25, 0.3) is 10.4 Å². The number of thiophene rings is 1. The first-order valence-corrected chi connectivity index (χ1v) is 10.4. The lowest BCUT2D eigenvalue weighted by molar-refractivity contribution is -0.385. The second-order valence-electron chi connectivity index (χ2n) is 6.83. The molecular formula is C22H17FN2O5S. The number of nitro groups is 1. The van der Waals surface area contributed by atoms with E-state index in [1.807, 2.05) is 12.1 Å². The van der Waals surface area contributed by atoms with Crippen molar-refractivity contribution in [1.29, 1.82) is 0 Å². The molecule has 7 nitrogen and oxygen atoms in total. The third-order valence-corrected chi connectivity index (χ3v) is 6.16. The number of fused-ring (bicyclic) bond motifs is 3. The maximum atomic E-state index is 14.5. The van der Waals surface area contributed by atoms with Gasteiger partial charge >= 0.3 is 5.97 Å². The summed E-state index contributed by atoms with van der Waals surface area (Å²) in [6.45, 7) is 2.28. The number of nitrogens with zero attached hydrogens (tertiary/aromatic N) is 2. The van der Waals surface area contributed by atoms with Crippen LogP contribution in [0.1, 0.15) is 32.5 Å². The zero-order chi connectivity index (χ0) is 22.1. The van der Waals surface area contributed by atoms with Crippen molar-refractivity contribution in [2.45, 2.75) is 13.3 Å². The summed E-state index contributed by atoms with van der Waals surface area (Å²) in [5.41, 5.74) is 1.59. The number of benzene rings is 2. The molecule has 0 fully saturated rings. The van der Waals surface area contributed by atoms with Gasteiger partial charge in [0.05, 0.1) is 28.8 Å². The number of amides is 1. The van der Waals surface area contributed by atoms with Gasteiger partial charge in [-0.1, -0.05) is 18.2 Å². The number of non-ortho nitro benzene ring substituents is 1. The standard InChI is InChI=1S/C22H17FN2O5S/c1-2-30-22(27)19-11-13-9-10-24(18-6-4-3-5-16(18)20(13)31-19)21(26)15-8-7-14(25(28)29)12-17(15)23/h3-8,11-12H,2,9-10H2,1H3. The normalized spacial score (nSPS) is 12.5. The van der Waals surface area contributed by atoms with Gasteiger partial charge in [0, 0.05) is 23.1 Å². The van der Waals surface area contributed by atoms with Crippen molar-refractivity contribution in [3.63, 3.8) is 0 Å². The van der Waals surface area contributed by atoms with Gasteiger partial charge in [-0.15, -0.1) is 11.3 Å². The minimum absolute atomic E-state index is 0.238. The van der Waals surface area contributed by atoms with Gasteiger partial charge in [0.25, 0.3) is 11.6 Å². The molecule has 0 bridgehead atoms. The average Bonchev–Trinajstić information content (AvgIpc) is 3.12. The largest absolute Gasteiger partial charge is 0.462 e. The van der Waals surface area contributed by atoms with E-state index in [0.717, 1.165) is 34.2 Å². The van der Waals surface area contributed by atoms with E-state index in [1.165, 1.54) is 16.2 Å². The fourth-order valence-electron chi connectivity index (χ4n) is 3.55. The van der Waals surface area contributed by atoms with E-state index >= 15 is 0 Å². The van der Waals surface area contributed by atoms with Gasteiger partial charge in [-0.25, -0.2) is 9.18 Å². The molecule has 3 aromatic rings. The molecule has 1 aliphatic rings. The first-order valence-electron chi connectivity index (χ1n) is 9.55. The second kappa shape index (κ2) is 8.27. The lowest BCUT2D eigenvalue weighted by Gasteiger charge is -2.23. The van der Waals surface area contributed by atoms with E-state index in [0.29, 0.717) is 17.0 Å². The predicted octanol–water partition coefficient (Wildman–Crippen LogP) is 4.84. The molecule has 158 valence electrons. The lowest BCUT2D eigenvalue weighted by Crippen LogP contribution is -2.33. The Bertz CT molecular complexity index is 1210. The minimum Gasteiger partial charge on any atom is -0.462 e. The number of anilines is 1. The van der Waals surface area contributed by atoms with Crippen molar-refractivity contribution >= 4 is 34.6 Å². The fraction of sp³-hybridized carbons (Fsp3) is 0.182. The zero-order valence-electron chi connectivity index (χ0n) is 16.5. The van der Waals surface area contributed by atoms with Gasteiger partial charge in [-0.3, -0.25) is 14.9 Å². The molecule has 2 heterocycles. The van der Waals surface area contributed by atoms with Crippen LogP contribution in [0.5, 0.6) is 0 Å². The highest BCUT2D eigenvalue weighted by Gasteiger charge is 2.29. The highest BCUT2D eigenvalue weighted by molar-refractivity contribution is 7.17. The Morgan fingerprint density at radius 2 is 2.00 bits per heavy atom. The van der Waals surface area contributed by atoms with E-state index in [2.05, 4.69) is 0 Å². The summed E-state index contributed by atoms with van der Waals surface area (Å²) in [4.78, 5) is 38.3. The summed E-state index contributed by atoms with van der Waals surface area (Å²) < 4.78 is 19.6. The van der Waals surface area contributed by atoms with Crippen LogP contribution in [-0.4, -0.2) is 30.0 Å². The van der Waals surface area contributed by atoms with Crippen molar-refractivity contribution in [1.82, 2.24) is 0 Å². The Labute approximate surface area is 180 Å². The third-order valence-electron chi connectivity index (χ3n) is 4.97. The van der Waals surface area contributed by atoms with Crippen molar-refractivity contribution in [3.05, 3.63) is 80.5 Å². The smallest absolute Gasteiger partial charge is 0.348 e. The van der Waals surface area contributed by atoms with E-state index in [-0.39, 0.29) is 24.7 Å². The van der Waals surface area contributed by atoms with E-state index in [9.17, 15) is 24.1 Å². The quantitative estimate of drug-likeness (QED) is 0.329. The molecule has 4 rings (SSSR count). The van der Waals surface area contributed by atoms with Crippen LogP contribution in [0.15, 0.2) is 48.5 Å². The Morgan fingerprint density at radius 3 is 2.71 bits per heavy atom. The van der Waals surface area contributed by atoms with Gasteiger partial charge in [0.2, 0.25) is 0 Å². The second-order valence-corrected chi connectivity index (χ2v) is 7.88. The number of hydrogen-bond acceptors (Lipinski definition) is 6. The topological polar surface area (TPSA) is 89.8 Å². The molecule has 2 aromatic carbocycles. The highest BCUT2D eigenvalue weighted by atomic mass is 32.1. The number of esters is 1. The molecule has 1 aliphatic heterocycles. The molecule has 0 N–H and O–H groups in total. The SMILES string of the molecule is CCOC(=O)c1cc2c(s1)-c1ccccc1N(C(=O)c1ccc([N+](=O)[O-])cc1F)CC2. The van der Waals surface area contributed by atoms with E-state index in [4.69, 9.17) is 4.74 Å². The molecule has 0 aliphatic carbocycles. The Balaban J connectivity index is 1.74. The number of halogens is 1.